The highest BCUT2D eigenvalue weighted by Crippen LogP contribution is 2.18. The van der Waals surface area contributed by atoms with Gasteiger partial charge in [-0.25, -0.2) is 0 Å². The van der Waals surface area contributed by atoms with Crippen LogP contribution in [0.3, 0.4) is 0 Å². The molecule has 0 radical (unpaired) electrons. The molecule has 1 saturated heterocycles. The van der Waals surface area contributed by atoms with Gasteiger partial charge in [0.1, 0.15) is 5.75 Å². The van der Waals surface area contributed by atoms with Crippen LogP contribution < -0.4 is 10.1 Å². The van der Waals surface area contributed by atoms with Crippen molar-refractivity contribution >= 4 is 5.91 Å². The first-order valence-electron chi connectivity index (χ1n) is 8.77. The lowest BCUT2D eigenvalue weighted by Gasteiger charge is -2.30. The molecule has 0 bridgehead atoms. The summed E-state index contributed by atoms with van der Waals surface area (Å²) in [6, 6.07) is 6.18. The predicted octanol–water partition coefficient (Wildman–Crippen LogP) is 2.93. The minimum atomic E-state index is 0.110. The monoisotopic (exact) mass is 318 g/mol. The molecule has 1 aromatic rings. The molecule has 1 heterocycles. The number of rotatable bonds is 7. The van der Waals surface area contributed by atoms with Gasteiger partial charge in [-0.3, -0.25) is 4.79 Å². The van der Waals surface area contributed by atoms with Gasteiger partial charge in [0, 0.05) is 12.6 Å². The van der Waals surface area contributed by atoms with Crippen LogP contribution in [0.5, 0.6) is 5.75 Å². The summed E-state index contributed by atoms with van der Waals surface area (Å²) in [4.78, 5) is 14.8. The Kier molecular flexibility index (Phi) is 6.90. The molecule has 1 aromatic carbocycles. The third-order valence-electron chi connectivity index (χ3n) is 4.61. The third kappa shape index (κ3) is 5.54. The molecule has 4 nitrogen and oxygen atoms in total. The highest BCUT2D eigenvalue weighted by atomic mass is 16.5. The second-order valence-corrected chi connectivity index (χ2v) is 6.51. The molecule has 4 heteroatoms. The summed E-state index contributed by atoms with van der Waals surface area (Å²) >= 11 is 0. The highest BCUT2D eigenvalue weighted by molar-refractivity contribution is 5.79. The molecule has 1 atom stereocenters. The van der Waals surface area contributed by atoms with Crippen LogP contribution in [0, 0.1) is 6.92 Å². The number of hydrogen-bond donors (Lipinski definition) is 1. The van der Waals surface area contributed by atoms with Crippen molar-refractivity contribution in [2.75, 3.05) is 26.7 Å². The van der Waals surface area contributed by atoms with Crippen LogP contribution >= 0.6 is 0 Å². The van der Waals surface area contributed by atoms with E-state index in [-0.39, 0.29) is 11.9 Å². The molecule has 23 heavy (non-hydrogen) atoms. The number of benzene rings is 1. The summed E-state index contributed by atoms with van der Waals surface area (Å²) in [5, 5.41) is 3.20. The van der Waals surface area contributed by atoms with Crippen LogP contribution in [0.15, 0.2) is 18.2 Å². The Labute approximate surface area is 140 Å². The molecule has 0 spiro atoms. The number of nitrogens with one attached hydrogen (secondary N) is 1. The molecule has 1 N–H and O–H groups in total. The van der Waals surface area contributed by atoms with E-state index in [1.165, 1.54) is 32.4 Å². The van der Waals surface area contributed by atoms with E-state index in [1.54, 1.807) is 7.11 Å². The fraction of sp³-hybridized carbons (Fsp3) is 0.632. The number of aryl methyl sites for hydroxylation is 1. The minimum absolute atomic E-state index is 0.110. The molecule has 1 aliphatic rings. The summed E-state index contributed by atoms with van der Waals surface area (Å²) < 4.78 is 5.27. The van der Waals surface area contributed by atoms with Crippen LogP contribution in [0.25, 0.3) is 0 Å². The number of nitrogens with zero attached hydrogens (tertiary/aromatic N) is 1. The zero-order valence-electron chi connectivity index (χ0n) is 14.7. The van der Waals surface area contributed by atoms with Gasteiger partial charge >= 0.3 is 0 Å². The molecule has 1 amide bonds. The average molecular weight is 318 g/mol. The van der Waals surface area contributed by atoms with Gasteiger partial charge < -0.3 is 15.0 Å². The summed E-state index contributed by atoms with van der Waals surface area (Å²) in [5.74, 6) is 0.976. The number of likely N-dealkylation sites (tertiary alicyclic amines) is 1. The van der Waals surface area contributed by atoms with Gasteiger partial charge in [0.25, 0.3) is 0 Å². The quantitative estimate of drug-likeness (QED) is 0.840. The molecule has 1 fully saturated rings. The van der Waals surface area contributed by atoms with Gasteiger partial charge in [-0.1, -0.05) is 25.5 Å². The fourth-order valence-corrected chi connectivity index (χ4v) is 3.25. The molecule has 0 aliphatic carbocycles. The SMILES string of the molecule is CCC(CN1CCCCC1)NC(=O)Cc1ccc(OC)c(C)c1. The number of ether oxygens (including phenoxy) is 1. The summed E-state index contributed by atoms with van der Waals surface area (Å²) in [6.07, 6.45) is 5.33. The number of amides is 1. The van der Waals surface area contributed by atoms with Crippen molar-refractivity contribution in [3.05, 3.63) is 29.3 Å². The van der Waals surface area contributed by atoms with Gasteiger partial charge in [-0.2, -0.15) is 0 Å². The van der Waals surface area contributed by atoms with E-state index in [1.807, 2.05) is 25.1 Å². The van der Waals surface area contributed by atoms with E-state index >= 15 is 0 Å². The van der Waals surface area contributed by atoms with Crippen molar-refractivity contribution in [2.24, 2.45) is 0 Å². The Bertz CT molecular complexity index is 510. The van der Waals surface area contributed by atoms with Crippen LogP contribution in [0.4, 0.5) is 0 Å². The maximum absolute atomic E-state index is 12.3. The van der Waals surface area contributed by atoms with Gasteiger partial charge in [-0.05, 0) is 56.5 Å². The summed E-state index contributed by atoms with van der Waals surface area (Å²) in [6.45, 7) is 7.47. The van der Waals surface area contributed by atoms with Crippen LogP contribution in [-0.2, 0) is 11.2 Å². The lowest BCUT2D eigenvalue weighted by molar-refractivity contribution is -0.121. The van der Waals surface area contributed by atoms with Crippen molar-refractivity contribution in [3.63, 3.8) is 0 Å². The number of methoxy groups -OCH3 is 1. The Morgan fingerprint density at radius 1 is 1.30 bits per heavy atom. The molecule has 1 unspecified atom stereocenters. The van der Waals surface area contributed by atoms with E-state index in [0.29, 0.717) is 6.42 Å². The first-order valence-corrected chi connectivity index (χ1v) is 8.77. The zero-order chi connectivity index (χ0) is 16.7. The molecular weight excluding hydrogens is 288 g/mol. The second kappa shape index (κ2) is 8.92. The molecule has 1 aliphatic heterocycles. The van der Waals surface area contributed by atoms with E-state index in [2.05, 4.69) is 17.1 Å². The predicted molar refractivity (Wildman–Crippen MR) is 93.9 cm³/mol. The Balaban J connectivity index is 1.85. The normalized spacial score (nSPS) is 16.8. The van der Waals surface area contributed by atoms with Crippen LogP contribution in [-0.4, -0.2) is 43.6 Å². The summed E-state index contributed by atoms with van der Waals surface area (Å²) in [5.41, 5.74) is 2.10. The molecule has 0 aromatic heterocycles. The standard InChI is InChI=1S/C19H30N2O2/c1-4-17(14-21-10-6-5-7-11-21)20-19(22)13-16-8-9-18(23-3)15(2)12-16/h8-9,12,17H,4-7,10-11,13-14H2,1-3H3,(H,20,22). The lowest BCUT2D eigenvalue weighted by Crippen LogP contribution is -2.45. The topological polar surface area (TPSA) is 41.6 Å². The van der Waals surface area contributed by atoms with Crippen molar-refractivity contribution in [1.29, 1.82) is 0 Å². The Morgan fingerprint density at radius 3 is 2.65 bits per heavy atom. The zero-order valence-corrected chi connectivity index (χ0v) is 14.7. The molecule has 2 rings (SSSR count). The first kappa shape index (κ1) is 17.8. The number of carbonyl (C=O) groups is 1. The fourth-order valence-electron chi connectivity index (χ4n) is 3.25. The largest absolute Gasteiger partial charge is 0.496 e. The third-order valence-corrected chi connectivity index (χ3v) is 4.61. The molecule has 0 saturated carbocycles. The molecular formula is C19H30N2O2. The smallest absolute Gasteiger partial charge is 0.224 e. The van der Waals surface area contributed by atoms with Crippen molar-refractivity contribution in [1.82, 2.24) is 10.2 Å². The Hall–Kier alpha value is -1.55. The van der Waals surface area contributed by atoms with E-state index in [4.69, 9.17) is 4.74 Å². The summed E-state index contributed by atoms with van der Waals surface area (Å²) in [7, 11) is 1.67. The highest BCUT2D eigenvalue weighted by Gasteiger charge is 2.17. The van der Waals surface area contributed by atoms with E-state index in [0.717, 1.165) is 29.8 Å². The Morgan fingerprint density at radius 2 is 2.04 bits per heavy atom. The average Bonchev–Trinajstić information content (AvgIpc) is 2.55. The van der Waals surface area contributed by atoms with E-state index < -0.39 is 0 Å². The maximum atomic E-state index is 12.3. The van der Waals surface area contributed by atoms with Gasteiger partial charge in [0.05, 0.1) is 13.5 Å². The van der Waals surface area contributed by atoms with Gasteiger partial charge in [-0.15, -0.1) is 0 Å². The van der Waals surface area contributed by atoms with Crippen LogP contribution in [0.2, 0.25) is 0 Å². The molecule has 128 valence electrons. The van der Waals surface area contributed by atoms with Crippen molar-refractivity contribution in [2.45, 2.75) is 52.0 Å². The number of hydrogen-bond acceptors (Lipinski definition) is 3. The van der Waals surface area contributed by atoms with Crippen molar-refractivity contribution < 1.29 is 9.53 Å². The number of carbonyl (C=O) groups excluding carboxylic acids is 1. The van der Waals surface area contributed by atoms with Gasteiger partial charge in [0.2, 0.25) is 5.91 Å². The van der Waals surface area contributed by atoms with E-state index in [9.17, 15) is 4.79 Å². The maximum Gasteiger partial charge on any atom is 0.224 e. The van der Waals surface area contributed by atoms with Gasteiger partial charge in [0.15, 0.2) is 0 Å². The number of piperidine rings is 1. The van der Waals surface area contributed by atoms with Crippen LogP contribution in [0.1, 0.15) is 43.7 Å². The minimum Gasteiger partial charge on any atom is -0.496 e. The first-order chi connectivity index (χ1) is 11.1. The lowest BCUT2D eigenvalue weighted by atomic mass is 10.1. The second-order valence-electron chi connectivity index (χ2n) is 6.51. The van der Waals surface area contributed by atoms with Crippen molar-refractivity contribution in [3.8, 4) is 5.75 Å².